The van der Waals surface area contributed by atoms with Gasteiger partial charge in [0.15, 0.2) is 0 Å². The Morgan fingerprint density at radius 2 is 1.43 bits per heavy atom. The maximum atomic E-state index is 13.5. The van der Waals surface area contributed by atoms with Crippen molar-refractivity contribution in [3.05, 3.63) is 113 Å². The van der Waals surface area contributed by atoms with Crippen LogP contribution in [0.1, 0.15) is 33.6 Å². The fourth-order valence-electron chi connectivity index (χ4n) is 5.61. The van der Waals surface area contributed by atoms with E-state index < -0.39 is 16.1 Å². The van der Waals surface area contributed by atoms with Gasteiger partial charge in [-0.05, 0) is 58.3 Å². The van der Waals surface area contributed by atoms with Crippen LogP contribution in [-0.4, -0.2) is 50.3 Å². The summed E-state index contributed by atoms with van der Waals surface area (Å²) in [6.45, 7) is 2.44. The van der Waals surface area contributed by atoms with Crippen molar-refractivity contribution >= 4 is 38.3 Å². The molecule has 8 heteroatoms. The van der Waals surface area contributed by atoms with E-state index >= 15 is 0 Å². The summed E-state index contributed by atoms with van der Waals surface area (Å²) in [5, 5.41) is 2.67. The average molecular weight is 532 g/mol. The Hall–Kier alpha value is -3.23. The van der Waals surface area contributed by atoms with Crippen molar-refractivity contribution in [1.82, 2.24) is 14.5 Å². The Morgan fingerprint density at radius 3 is 2.11 bits per heavy atom. The highest BCUT2D eigenvalue weighted by molar-refractivity contribution is 7.89. The van der Waals surface area contributed by atoms with Gasteiger partial charge in [-0.25, -0.2) is 13.1 Å². The minimum atomic E-state index is -3.81. The lowest BCUT2D eigenvalue weighted by atomic mass is 10.0. The van der Waals surface area contributed by atoms with E-state index in [1.165, 1.54) is 12.1 Å². The van der Waals surface area contributed by atoms with Crippen LogP contribution in [-0.2, 0) is 10.0 Å². The van der Waals surface area contributed by atoms with E-state index in [9.17, 15) is 13.2 Å². The molecule has 1 N–H and O–H groups in total. The van der Waals surface area contributed by atoms with Gasteiger partial charge < -0.3 is 4.90 Å². The maximum absolute atomic E-state index is 13.5. The van der Waals surface area contributed by atoms with Crippen LogP contribution in [0.2, 0.25) is 5.02 Å². The topological polar surface area (TPSA) is 69.7 Å². The summed E-state index contributed by atoms with van der Waals surface area (Å²) in [6.07, 6.45) is 0. The van der Waals surface area contributed by atoms with Crippen molar-refractivity contribution in [2.45, 2.75) is 17.0 Å². The van der Waals surface area contributed by atoms with Crippen molar-refractivity contribution < 1.29 is 13.2 Å². The molecule has 6 nitrogen and oxygen atoms in total. The standard InChI is InChI=1S/C29H26ClN3O3S/c30-22-12-14-23(15-13-22)37(35,36)31-27-24-10-4-8-20-9-5-11-25(26(20)24)28(27)32-16-18-33(19-17-32)29(34)21-6-2-1-3-7-21/h1-15,27-28,31H,16-19H2/t27-,28-/m1/s1. The first-order valence-electron chi connectivity index (χ1n) is 12.3. The highest BCUT2D eigenvalue weighted by Crippen LogP contribution is 2.47. The Morgan fingerprint density at radius 1 is 0.784 bits per heavy atom. The second-order valence-corrected chi connectivity index (χ2v) is 11.6. The maximum Gasteiger partial charge on any atom is 0.253 e. The monoisotopic (exact) mass is 531 g/mol. The van der Waals surface area contributed by atoms with Gasteiger partial charge in [0.2, 0.25) is 10.0 Å². The highest BCUT2D eigenvalue weighted by atomic mass is 35.5. The van der Waals surface area contributed by atoms with Crippen LogP contribution >= 0.6 is 11.6 Å². The third-order valence-corrected chi connectivity index (χ3v) is 9.07. The zero-order chi connectivity index (χ0) is 25.6. The van der Waals surface area contributed by atoms with Crippen LogP contribution in [0, 0.1) is 0 Å². The molecule has 1 saturated heterocycles. The van der Waals surface area contributed by atoms with Crippen molar-refractivity contribution in [3.63, 3.8) is 0 Å². The summed E-state index contributed by atoms with van der Waals surface area (Å²) in [6, 6.07) is 27.1. The molecule has 37 heavy (non-hydrogen) atoms. The average Bonchev–Trinajstić information content (AvgIpc) is 3.23. The van der Waals surface area contributed by atoms with Crippen molar-refractivity contribution in [2.24, 2.45) is 0 Å². The predicted molar refractivity (Wildman–Crippen MR) is 145 cm³/mol. The van der Waals surface area contributed by atoms with Crippen LogP contribution in [0.3, 0.4) is 0 Å². The van der Waals surface area contributed by atoms with E-state index in [-0.39, 0.29) is 16.8 Å². The Kier molecular flexibility index (Phi) is 6.24. The third kappa shape index (κ3) is 4.42. The molecule has 1 fully saturated rings. The molecule has 1 amide bonds. The van der Waals surface area contributed by atoms with E-state index in [0.29, 0.717) is 36.8 Å². The first kappa shape index (κ1) is 24.1. The van der Waals surface area contributed by atoms with Gasteiger partial charge in [-0.2, -0.15) is 0 Å². The summed E-state index contributed by atoms with van der Waals surface area (Å²) in [4.78, 5) is 17.4. The largest absolute Gasteiger partial charge is 0.336 e. The zero-order valence-electron chi connectivity index (χ0n) is 20.0. The molecule has 2 aliphatic rings. The number of carbonyl (C=O) groups is 1. The van der Waals surface area contributed by atoms with Gasteiger partial charge in [0.25, 0.3) is 5.91 Å². The number of hydrogen-bond acceptors (Lipinski definition) is 4. The van der Waals surface area contributed by atoms with E-state index in [1.807, 2.05) is 53.4 Å². The normalized spacial score (nSPS) is 19.9. The van der Waals surface area contributed by atoms with Crippen molar-refractivity contribution in [3.8, 4) is 0 Å². The molecule has 6 rings (SSSR count). The fraction of sp³-hybridized carbons (Fsp3) is 0.207. The molecule has 1 aliphatic carbocycles. The first-order valence-corrected chi connectivity index (χ1v) is 14.2. The number of halogens is 1. The van der Waals surface area contributed by atoms with Crippen LogP contribution < -0.4 is 4.72 Å². The second kappa shape index (κ2) is 9.58. The van der Waals surface area contributed by atoms with Gasteiger partial charge in [0.1, 0.15) is 0 Å². The molecule has 0 bridgehead atoms. The summed E-state index contributed by atoms with van der Waals surface area (Å²) < 4.78 is 30.0. The lowest BCUT2D eigenvalue weighted by Crippen LogP contribution is -2.51. The minimum Gasteiger partial charge on any atom is -0.336 e. The molecule has 0 saturated carbocycles. The van der Waals surface area contributed by atoms with Crippen LogP contribution in [0.5, 0.6) is 0 Å². The number of rotatable bonds is 5. The molecule has 1 aliphatic heterocycles. The Balaban J connectivity index is 1.31. The Labute approximate surface area is 221 Å². The minimum absolute atomic E-state index is 0.0250. The highest BCUT2D eigenvalue weighted by Gasteiger charge is 2.41. The molecule has 0 radical (unpaired) electrons. The molecule has 188 valence electrons. The van der Waals surface area contributed by atoms with Crippen LogP contribution in [0.15, 0.2) is 95.9 Å². The summed E-state index contributed by atoms with van der Waals surface area (Å²) in [5.74, 6) is 0.0250. The number of hydrogen-bond donors (Lipinski definition) is 1. The van der Waals surface area contributed by atoms with Gasteiger partial charge in [-0.3, -0.25) is 9.69 Å². The second-order valence-electron chi connectivity index (χ2n) is 9.48. The van der Waals surface area contributed by atoms with E-state index in [1.54, 1.807) is 12.1 Å². The molecule has 2 atom stereocenters. The zero-order valence-corrected chi connectivity index (χ0v) is 21.6. The van der Waals surface area contributed by atoms with E-state index in [4.69, 9.17) is 11.6 Å². The number of sulfonamides is 1. The molecule has 4 aromatic rings. The number of nitrogens with zero attached hydrogens (tertiary/aromatic N) is 2. The molecule has 0 unspecified atom stereocenters. The quantitative estimate of drug-likeness (QED) is 0.392. The lowest BCUT2D eigenvalue weighted by Gasteiger charge is -2.40. The summed E-state index contributed by atoms with van der Waals surface area (Å²) >= 11 is 5.99. The van der Waals surface area contributed by atoms with Gasteiger partial charge in [-0.1, -0.05) is 66.2 Å². The van der Waals surface area contributed by atoms with Crippen molar-refractivity contribution in [1.29, 1.82) is 0 Å². The number of nitrogens with one attached hydrogen (secondary N) is 1. The van der Waals surface area contributed by atoms with E-state index in [2.05, 4.69) is 27.8 Å². The van der Waals surface area contributed by atoms with E-state index in [0.717, 1.165) is 21.9 Å². The first-order chi connectivity index (χ1) is 17.9. The number of carbonyl (C=O) groups excluding carboxylic acids is 1. The number of piperazine rings is 1. The smallest absolute Gasteiger partial charge is 0.253 e. The molecular formula is C29H26ClN3O3S. The molecule has 1 heterocycles. The summed E-state index contributed by atoms with van der Waals surface area (Å²) in [7, 11) is -3.81. The van der Waals surface area contributed by atoms with Gasteiger partial charge in [0, 0.05) is 36.8 Å². The fourth-order valence-corrected chi connectivity index (χ4v) is 6.95. The van der Waals surface area contributed by atoms with Gasteiger partial charge >= 0.3 is 0 Å². The third-order valence-electron chi connectivity index (χ3n) is 7.36. The molecule has 0 spiro atoms. The molecular weight excluding hydrogens is 506 g/mol. The lowest BCUT2D eigenvalue weighted by molar-refractivity contribution is 0.0539. The molecule has 4 aromatic carbocycles. The predicted octanol–water partition coefficient (Wildman–Crippen LogP) is 5.03. The van der Waals surface area contributed by atoms with Crippen LogP contribution in [0.4, 0.5) is 0 Å². The number of amides is 1. The van der Waals surface area contributed by atoms with Gasteiger partial charge in [-0.15, -0.1) is 0 Å². The van der Waals surface area contributed by atoms with Crippen molar-refractivity contribution in [2.75, 3.05) is 26.2 Å². The molecule has 0 aromatic heterocycles. The Bertz CT molecular complexity index is 1560. The number of benzene rings is 4. The summed E-state index contributed by atoms with van der Waals surface area (Å²) in [5.41, 5.74) is 2.76. The van der Waals surface area contributed by atoms with Crippen LogP contribution in [0.25, 0.3) is 10.8 Å². The van der Waals surface area contributed by atoms with Gasteiger partial charge in [0.05, 0.1) is 17.0 Å². The SMILES string of the molecule is O=C(c1ccccc1)N1CCN([C@@H]2c3cccc4cccc(c34)[C@H]2NS(=O)(=O)c2ccc(Cl)cc2)CC1.